The van der Waals surface area contributed by atoms with E-state index in [1.807, 2.05) is 57.2 Å². The lowest BCUT2D eigenvalue weighted by molar-refractivity contribution is -0.108. The summed E-state index contributed by atoms with van der Waals surface area (Å²) < 4.78 is 5.86. The van der Waals surface area contributed by atoms with Crippen LogP contribution in [0.4, 0.5) is 17.2 Å². The lowest BCUT2D eigenvalue weighted by Crippen LogP contribution is -2.57. The Morgan fingerprint density at radius 3 is 2.38 bits per heavy atom. The summed E-state index contributed by atoms with van der Waals surface area (Å²) in [5, 5.41) is 15.9. The maximum Gasteiger partial charge on any atom is 0.273 e. The number of aldehydes is 1. The molecule has 55 heavy (non-hydrogen) atoms. The van der Waals surface area contributed by atoms with Crippen LogP contribution in [0.1, 0.15) is 86.7 Å². The van der Waals surface area contributed by atoms with Gasteiger partial charge in [0.05, 0.1) is 52.1 Å². The van der Waals surface area contributed by atoms with Crippen LogP contribution in [-0.4, -0.2) is 85.4 Å². The molecule has 6 rings (SSSR count). The summed E-state index contributed by atoms with van der Waals surface area (Å²) in [4.78, 5) is 45.9. The zero-order valence-electron chi connectivity index (χ0n) is 32.7. The van der Waals surface area contributed by atoms with Crippen LogP contribution in [0, 0.1) is 11.8 Å². The molecule has 284 valence electrons. The van der Waals surface area contributed by atoms with Crippen molar-refractivity contribution in [1.29, 1.82) is 0 Å². The van der Waals surface area contributed by atoms with Crippen LogP contribution in [0.25, 0.3) is 16.8 Å². The minimum absolute atomic E-state index is 0.0164. The van der Waals surface area contributed by atoms with E-state index < -0.39 is 11.2 Å². The van der Waals surface area contributed by atoms with Gasteiger partial charge in [-0.2, -0.15) is 0 Å². The van der Waals surface area contributed by atoms with Gasteiger partial charge in [-0.15, -0.1) is 10.2 Å². The van der Waals surface area contributed by atoms with Gasteiger partial charge in [0.25, 0.3) is 5.91 Å². The van der Waals surface area contributed by atoms with E-state index in [-0.39, 0.29) is 11.6 Å². The molecule has 4 aromatic rings. The van der Waals surface area contributed by atoms with E-state index in [0.29, 0.717) is 46.8 Å². The Morgan fingerprint density at radius 2 is 1.82 bits per heavy atom. The number of aryl methyl sites for hydroxylation is 1. The van der Waals surface area contributed by atoms with E-state index in [9.17, 15) is 14.4 Å². The predicted octanol–water partition coefficient (Wildman–Crippen LogP) is 6.13. The van der Waals surface area contributed by atoms with E-state index in [1.165, 1.54) is 5.56 Å². The van der Waals surface area contributed by atoms with Crippen LogP contribution in [0.2, 0.25) is 0 Å². The van der Waals surface area contributed by atoms with Crippen molar-refractivity contribution in [2.75, 3.05) is 31.8 Å². The molecule has 3 heterocycles. The van der Waals surface area contributed by atoms with E-state index in [1.54, 1.807) is 43.6 Å². The summed E-state index contributed by atoms with van der Waals surface area (Å²) in [6, 6.07) is 14.9. The topological polar surface area (TPSA) is 151 Å². The molecule has 0 saturated heterocycles. The number of rotatable bonds is 15. The van der Waals surface area contributed by atoms with Gasteiger partial charge in [-0.25, -0.2) is 4.79 Å². The summed E-state index contributed by atoms with van der Waals surface area (Å²) in [5.41, 5.74) is 5.31. The number of para-hydroxylation sites is 1. The first-order chi connectivity index (χ1) is 26.6. The molecule has 0 bridgehead atoms. The molecule has 0 atom stereocenters. The Hall–Kier alpha value is -5.48. The number of pyridine rings is 2. The number of carbonyl (C=O) groups excluding carboxylic acids is 3. The first-order valence-corrected chi connectivity index (χ1v) is 18.8. The Bertz CT molecular complexity index is 1950. The van der Waals surface area contributed by atoms with Crippen molar-refractivity contribution in [2.45, 2.75) is 77.6 Å². The Kier molecular flexibility index (Phi) is 15.6. The van der Waals surface area contributed by atoms with Crippen molar-refractivity contribution in [3.05, 3.63) is 83.6 Å². The molecule has 0 aliphatic heterocycles. The highest BCUT2D eigenvalue weighted by molar-refractivity contribution is 6.41. The first-order valence-electron chi connectivity index (χ1n) is 18.8. The second-order valence-corrected chi connectivity index (χ2v) is 13.4. The molecule has 12 nitrogen and oxygen atoms in total. The Balaban J connectivity index is 0.000000876. The van der Waals surface area contributed by atoms with E-state index in [0.717, 1.165) is 68.1 Å². The van der Waals surface area contributed by atoms with Gasteiger partial charge in [-0.3, -0.25) is 14.8 Å². The highest BCUT2D eigenvalue weighted by atomic mass is 16.5. The molecule has 1 amide bonds. The van der Waals surface area contributed by atoms with Gasteiger partial charge in [0.2, 0.25) is 0 Å². The summed E-state index contributed by atoms with van der Waals surface area (Å²) in [6.07, 6.45) is 11.5. The molecule has 3 N–H and O–H groups in total. The molecule has 2 fully saturated rings. The molecule has 0 spiro atoms. The maximum atomic E-state index is 13.4. The lowest BCUT2D eigenvalue weighted by atomic mass is 9.50. The predicted molar refractivity (Wildman–Crippen MR) is 219 cm³/mol. The number of ether oxygens (including phenoxy) is 1. The summed E-state index contributed by atoms with van der Waals surface area (Å²) in [7, 11) is 17.6. The van der Waals surface area contributed by atoms with Gasteiger partial charge >= 0.3 is 0 Å². The number of benzene rings is 1. The second kappa shape index (κ2) is 20.3. The smallest absolute Gasteiger partial charge is 0.273 e. The summed E-state index contributed by atoms with van der Waals surface area (Å²) in [5.74, 6) is 2.89. The molecule has 2 saturated carbocycles. The zero-order chi connectivity index (χ0) is 40.0. The quantitative estimate of drug-likeness (QED) is 0.0734. The largest absolute Gasteiger partial charge is 0.494 e. The molecule has 14 heteroatoms. The Labute approximate surface area is 327 Å². The minimum atomic E-state index is -1.36. The number of carbonyl (C=O) groups is 2. The van der Waals surface area contributed by atoms with Crippen molar-refractivity contribution in [1.82, 2.24) is 30.4 Å². The van der Waals surface area contributed by atoms with Crippen LogP contribution < -0.4 is 20.7 Å². The molecular formula is C41H50B2N8O4. The minimum Gasteiger partial charge on any atom is -0.494 e. The SMILES string of the molecule is CC.O=CC1CC1.[B]C([B])(NC(=O)c1nnc(NC)cc1Nc1cccc(-c2ccc(C(=C=O)N(C)Cc3cc(CCC)ccn3)nc2)c1OC)C1CCC1. The monoisotopic (exact) mass is 740 g/mol. The molecule has 4 radical (unpaired) electrons. The van der Waals surface area contributed by atoms with Crippen molar-refractivity contribution >= 4 is 56.7 Å². The first kappa shape index (κ1) is 42.3. The van der Waals surface area contributed by atoms with Crippen LogP contribution in [0.5, 0.6) is 5.75 Å². The third-order valence-corrected chi connectivity index (χ3v) is 9.29. The van der Waals surface area contributed by atoms with E-state index >= 15 is 0 Å². The number of amides is 1. The number of nitrogens with one attached hydrogen (secondary N) is 3. The summed E-state index contributed by atoms with van der Waals surface area (Å²) >= 11 is 0. The highest BCUT2D eigenvalue weighted by Gasteiger charge is 2.35. The zero-order valence-corrected chi connectivity index (χ0v) is 32.7. The fourth-order valence-electron chi connectivity index (χ4n) is 5.88. The fraction of sp³-hybridized carbons (Fsp3) is 0.415. The number of methoxy groups -OCH3 is 1. The molecule has 0 unspecified atom stereocenters. The van der Waals surface area contributed by atoms with Crippen LogP contribution in [0.15, 0.2) is 60.9 Å². The number of hydrogen-bond donors (Lipinski definition) is 3. The molecular weight excluding hydrogens is 690 g/mol. The summed E-state index contributed by atoms with van der Waals surface area (Å²) in [6.45, 7) is 6.57. The van der Waals surface area contributed by atoms with Crippen molar-refractivity contribution in [2.24, 2.45) is 11.8 Å². The number of nitrogens with zero attached hydrogens (tertiary/aromatic N) is 5. The number of aromatic nitrogens is 4. The third kappa shape index (κ3) is 11.3. The maximum absolute atomic E-state index is 13.4. The molecule has 2 aliphatic carbocycles. The van der Waals surface area contributed by atoms with Crippen molar-refractivity contribution < 1.29 is 19.1 Å². The van der Waals surface area contributed by atoms with Crippen molar-refractivity contribution in [3.63, 3.8) is 0 Å². The van der Waals surface area contributed by atoms with Crippen LogP contribution in [-0.2, 0) is 22.6 Å². The van der Waals surface area contributed by atoms with Crippen LogP contribution in [0.3, 0.4) is 0 Å². The van der Waals surface area contributed by atoms with E-state index in [4.69, 9.17) is 20.4 Å². The van der Waals surface area contributed by atoms with Gasteiger partial charge < -0.3 is 30.4 Å². The molecule has 3 aromatic heterocycles. The van der Waals surface area contributed by atoms with Gasteiger partial charge in [-0.05, 0) is 73.2 Å². The fourth-order valence-corrected chi connectivity index (χ4v) is 5.88. The third-order valence-electron chi connectivity index (χ3n) is 9.29. The highest BCUT2D eigenvalue weighted by Crippen LogP contribution is 2.39. The van der Waals surface area contributed by atoms with E-state index in [2.05, 4.69) is 49.1 Å². The van der Waals surface area contributed by atoms with Crippen LogP contribution >= 0.6 is 0 Å². The standard InChI is InChI=1S/C35H38B2N8O3.C4H6O.C2H6/c1-5-8-22-15-16-39-25(17-22)20-45(3)30(21-46)27-14-13-23(19-40-27)26-11-7-12-28(33(26)48-4)41-29-18-31(38-2)43-44-32(29)34(47)42-35(36,37)24-9-6-10-24;5-3-4-1-2-4;1-2/h7,11-19,24H,5-6,8-10,20H2,1-4H3,(H,42,47)(H2,38,41,43);3-4H,1-2H2;1-2H3. The molecule has 2 aliphatic rings. The normalized spacial score (nSPS) is 13.3. The van der Waals surface area contributed by atoms with Gasteiger partial charge in [0.1, 0.15) is 17.7 Å². The average molecular weight is 741 g/mol. The number of anilines is 3. The number of hydrogen-bond acceptors (Lipinski definition) is 11. The van der Waals surface area contributed by atoms with Gasteiger partial charge in [0, 0.05) is 49.6 Å². The molecule has 1 aromatic carbocycles. The Morgan fingerprint density at radius 1 is 1.05 bits per heavy atom. The van der Waals surface area contributed by atoms with Gasteiger partial charge in [0.15, 0.2) is 17.5 Å². The average Bonchev–Trinajstić information content (AvgIpc) is 4.01. The lowest BCUT2D eigenvalue weighted by Gasteiger charge is -2.42. The second-order valence-electron chi connectivity index (χ2n) is 13.4. The van der Waals surface area contributed by atoms with Gasteiger partial charge in [-0.1, -0.05) is 51.8 Å². The van der Waals surface area contributed by atoms with Crippen molar-refractivity contribution in [3.8, 4) is 16.9 Å².